The molecule has 0 unspecified atom stereocenters. The summed E-state index contributed by atoms with van der Waals surface area (Å²) in [5, 5.41) is 8.97. The van der Waals surface area contributed by atoms with Crippen LogP contribution in [0.2, 0.25) is 0 Å². The van der Waals surface area contributed by atoms with Crippen LogP contribution in [-0.2, 0) is 4.79 Å². The van der Waals surface area contributed by atoms with Crippen LogP contribution in [0.5, 0.6) is 0 Å². The van der Waals surface area contributed by atoms with E-state index in [1.54, 1.807) is 0 Å². The van der Waals surface area contributed by atoms with Crippen LogP contribution in [0.25, 0.3) is 0 Å². The lowest BCUT2D eigenvalue weighted by molar-refractivity contribution is -0.135. The maximum atomic E-state index is 12.2. The lowest BCUT2D eigenvalue weighted by atomic mass is 10.0. The Morgan fingerprint density at radius 2 is 2.18 bits per heavy atom. The third-order valence-corrected chi connectivity index (χ3v) is 3.44. The van der Waals surface area contributed by atoms with Gasteiger partial charge < -0.3 is 10.0 Å². The van der Waals surface area contributed by atoms with Crippen molar-refractivity contribution in [3.05, 3.63) is 0 Å². The van der Waals surface area contributed by atoms with Gasteiger partial charge in [-0.2, -0.15) is 0 Å². The van der Waals surface area contributed by atoms with Crippen molar-refractivity contribution >= 4 is 5.91 Å². The summed E-state index contributed by atoms with van der Waals surface area (Å²) < 4.78 is 0. The Hall–Kier alpha value is -0.610. The predicted octanol–water partition coefficient (Wildman–Crippen LogP) is 1.09. The third-order valence-electron chi connectivity index (χ3n) is 3.44. The first kappa shape index (κ1) is 14.5. The van der Waals surface area contributed by atoms with Gasteiger partial charge in [0.2, 0.25) is 5.91 Å². The molecule has 1 aliphatic heterocycles. The minimum Gasteiger partial charge on any atom is -0.395 e. The molecule has 0 bridgehead atoms. The molecule has 1 heterocycles. The topological polar surface area (TPSA) is 43.8 Å². The van der Waals surface area contributed by atoms with Crippen molar-refractivity contribution in [3.63, 3.8) is 0 Å². The van der Waals surface area contributed by atoms with Gasteiger partial charge in [0, 0.05) is 19.1 Å². The molecule has 4 heteroatoms. The number of amides is 1. The fourth-order valence-electron chi connectivity index (χ4n) is 2.48. The van der Waals surface area contributed by atoms with Crippen molar-refractivity contribution in [2.45, 2.75) is 45.6 Å². The zero-order valence-electron chi connectivity index (χ0n) is 11.2. The van der Waals surface area contributed by atoms with E-state index < -0.39 is 0 Å². The van der Waals surface area contributed by atoms with Gasteiger partial charge in [-0.3, -0.25) is 9.69 Å². The first-order valence-corrected chi connectivity index (χ1v) is 6.81. The van der Waals surface area contributed by atoms with Crippen LogP contribution in [0, 0.1) is 0 Å². The number of likely N-dealkylation sites (tertiary alicyclic amines) is 1. The highest BCUT2D eigenvalue weighted by Crippen LogP contribution is 2.16. The standard InChI is InChI=1S/C13H26N2O2/c1-3-7-14(9-10-16)11-13(17)15-8-5-4-6-12(15)2/h12,16H,3-11H2,1-2H3/t12-/m1/s1. The van der Waals surface area contributed by atoms with E-state index >= 15 is 0 Å². The molecule has 0 aromatic heterocycles. The number of piperidine rings is 1. The molecule has 1 rings (SSSR count). The quantitative estimate of drug-likeness (QED) is 0.758. The molecule has 1 amide bonds. The smallest absolute Gasteiger partial charge is 0.236 e. The summed E-state index contributed by atoms with van der Waals surface area (Å²) in [5.74, 6) is 0.221. The number of hydrogen-bond acceptors (Lipinski definition) is 3. The fraction of sp³-hybridized carbons (Fsp3) is 0.923. The van der Waals surface area contributed by atoms with Gasteiger partial charge in [-0.05, 0) is 39.2 Å². The molecule has 17 heavy (non-hydrogen) atoms. The molecule has 0 aromatic carbocycles. The summed E-state index contributed by atoms with van der Waals surface area (Å²) in [7, 11) is 0. The highest BCUT2D eigenvalue weighted by Gasteiger charge is 2.24. The molecule has 1 aliphatic rings. The average Bonchev–Trinajstić information content (AvgIpc) is 2.30. The van der Waals surface area contributed by atoms with Crippen LogP contribution < -0.4 is 0 Å². The van der Waals surface area contributed by atoms with Crippen LogP contribution in [0.15, 0.2) is 0 Å². The predicted molar refractivity (Wildman–Crippen MR) is 68.8 cm³/mol. The van der Waals surface area contributed by atoms with Crippen LogP contribution in [0.3, 0.4) is 0 Å². The molecule has 1 N–H and O–H groups in total. The van der Waals surface area contributed by atoms with Crippen molar-refractivity contribution in [2.24, 2.45) is 0 Å². The Labute approximate surface area is 105 Å². The summed E-state index contributed by atoms with van der Waals surface area (Å²) in [6.45, 7) is 7.20. The summed E-state index contributed by atoms with van der Waals surface area (Å²) in [4.78, 5) is 16.2. The number of carbonyl (C=O) groups is 1. The van der Waals surface area contributed by atoms with E-state index in [1.165, 1.54) is 6.42 Å². The van der Waals surface area contributed by atoms with Crippen molar-refractivity contribution in [1.82, 2.24) is 9.80 Å². The SMILES string of the molecule is CCCN(CCO)CC(=O)N1CCCC[C@H]1C. The second-order valence-electron chi connectivity index (χ2n) is 4.93. The van der Waals surface area contributed by atoms with Crippen molar-refractivity contribution in [2.75, 3.05) is 32.8 Å². The minimum absolute atomic E-state index is 0.128. The molecule has 1 fully saturated rings. The number of nitrogens with zero attached hydrogens (tertiary/aromatic N) is 2. The van der Waals surface area contributed by atoms with Crippen LogP contribution >= 0.6 is 0 Å². The maximum absolute atomic E-state index is 12.2. The minimum atomic E-state index is 0.128. The molecule has 0 spiro atoms. The number of rotatable bonds is 6. The molecule has 0 aromatic rings. The highest BCUT2D eigenvalue weighted by molar-refractivity contribution is 5.78. The van der Waals surface area contributed by atoms with Gasteiger partial charge in [0.05, 0.1) is 13.2 Å². The molecule has 0 radical (unpaired) electrons. The molecule has 1 saturated heterocycles. The zero-order chi connectivity index (χ0) is 12.7. The molecule has 100 valence electrons. The summed E-state index contributed by atoms with van der Waals surface area (Å²) in [5.41, 5.74) is 0. The van der Waals surface area contributed by atoms with E-state index in [4.69, 9.17) is 5.11 Å². The Bertz CT molecular complexity index is 227. The zero-order valence-corrected chi connectivity index (χ0v) is 11.2. The van der Waals surface area contributed by atoms with E-state index in [0.29, 0.717) is 19.1 Å². The van der Waals surface area contributed by atoms with E-state index in [2.05, 4.69) is 13.8 Å². The number of aliphatic hydroxyl groups excluding tert-OH is 1. The lowest BCUT2D eigenvalue weighted by Gasteiger charge is -2.35. The van der Waals surface area contributed by atoms with E-state index in [9.17, 15) is 4.79 Å². The van der Waals surface area contributed by atoms with Crippen LogP contribution in [-0.4, -0.2) is 59.6 Å². The maximum Gasteiger partial charge on any atom is 0.236 e. The normalized spacial score (nSPS) is 20.9. The van der Waals surface area contributed by atoms with Gasteiger partial charge in [0.1, 0.15) is 0 Å². The second kappa shape index (κ2) is 7.67. The first-order chi connectivity index (χ1) is 8.19. The van der Waals surface area contributed by atoms with Gasteiger partial charge in [-0.15, -0.1) is 0 Å². The molecular weight excluding hydrogens is 216 g/mol. The van der Waals surface area contributed by atoms with Gasteiger partial charge in [0.25, 0.3) is 0 Å². The van der Waals surface area contributed by atoms with Crippen LogP contribution in [0.1, 0.15) is 39.5 Å². The third kappa shape index (κ3) is 4.64. The van der Waals surface area contributed by atoms with E-state index in [1.807, 2.05) is 9.80 Å². The van der Waals surface area contributed by atoms with Gasteiger partial charge in [0.15, 0.2) is 0 Å². The number of hydrogen-bond donors (Lipinski definition) is 1. The number of carbonyl (C=O) groups excluding carboxylic acids is 1. The Morgan fingerprint density at radius 1 is 1.41 bits per heavy atom. The lowest BCUT2D eigenvalue weighted by Crippen LogP contribution is -2.47. The van der Waals surface area contributed by atoms with Crippen LogP contribution in [0.4, 0.5) is 0 Å². The Morgan fingerprint density at radius 3 is 2.76 bits per heavy atom. The summed E-state index contributed by atoms with van der Waals surface area (Å²) >= 11 is 0. The van der Waals surface area contributed by atoms with Crippen molar-refractivity contribution in [3.8, 4) is 0 Å². The largest absolute Gasteiger partial charge is 0.395 e. The first-order valence-electron chi connectivity index (χ1n) is 6.81. The van der Waals surface area contributed by atoms with Crippen molar-refractivity contribution < 1.29 is 9.90 Å². The molecule has 0 saturated carbocycles. The summed E-state index contributed by atoms with van der Waals surface area (Å²) in [6.07, 6.45) is 4.51. The summed E-state index contributed by atoms with van der Waals surface area (Å²) in [6, 6.07) is 0.383. The monoisotopic (exact) mass is 242 g/mol. The van der Waals surface area contributed by atoms with Crippen molar-refractivity contribution in [1.29, 1.82) is 0 Å². The van der Waals surface area contributed by atoms with Gasteiger partial charge >= 0.3 is 0 Å². The molecular formula is C13H26N2O2. The number of aliphatic hydroxyl groups is 1. The van der Waals surface area contributed by atoms with Gasteiger partial charge in [-0.25, -0.2) is 0 Å². The van der Waals surface area contributed by atoms with E-state index in [0.717, 1.165) is 32.4 Å². The molecule has 1 atom stereocenters. The molecule has 0 aliphatic carbocycles. The van der Waals surface area contributed by atoms with E-state index in [-0.39, 0.29) is 12.5 Å². The highest BCUT2D eigenvalue weighted by atomic mass is 16.3. The average molecular weight is 242 g/mol. The molecule has 4 nitrogen and oxygen atoms in total. The fourth-order valence-corrected chi connectivity index (χ4v) is 2.48. The Kier molecular flexibility index (Phi) is 6.52. The second-order valence-corrected chi connectivity index (χ2v) is 4.93. The Balaban J connectivity index is 2.44. The van der Waals surface area contributed by atoms with Gasteiger partial charge in [-0.1, -0.05) is 6.92 Å².